The second-order valence-corrected chi connectivity index (χ2v) is 4.11. The molecule has 0 bridgehead atoms. The molecule has 17 heavy (non-hydrogen) atoms. The van der Waals surface area contributed by atoms with Crippen LogP contribution in [-0.2, 0) is 0 Å². The SMILES string of the molecule is CC(CNc1ccc(F)cc1[N+](=O)[O-])N(C)C. The van der Waals surface area contributed by atoms with Crippen molar-refractivity contribution in [2.75, 3.05) is 26.0 Å². The van der Waals surface area contributed by atoms with E-state index in [1.54, 1.807) is 0 Å². The lowest BCUT2D eigenvalue weighted by molar-refractivity contribution is -0.384. The Morgan fingerprint density at radius 2 is 2.18 bits per heavy atom. The number of nitrogens with zero attached hydrogens (tertiary/aromatic N) is 2. The Morgan fingerprint density at radius 3 is 2.71 bits per heavy atom. The molecule has 1 atom stereocenters. The van der Waals surface area contributed by atoms with Crippen molar-refractivity contribution in [3.63, 3.8) is 0 Å². The molecule has 6 heteroatoms. The third-order valence-corrected chi connectivity index (χ3v) is 2.63. The van der Waals surface area contributed by atoms with Crippen molar-refractivity contribution in [3.8, 4) is 0 Å². The molecule has 0 saturated heterocycles. The summed E-state index contributed by atoms with van der Waals surface area (Å²) in [6.45, 7) is 2.54. The van der Waals surface area contributed by atoms with E-state index in [0.29, 0.717) is 12.2 Å². The van der Waals surface area contributed by atoms with Gasteiger partial charge in [-0.2, -0.15) is 0 Å². The van der Waals surface area contributed by atoms with E-state index in [1.165, 1.54) is 12.1 Å². The molecule has 1 aromatic rings. The molecule has 0 aliphatic carbocycles. The van der Waals surface area contributed by atoms with Gasteiger partial charge in [-0.25, -0.2) is 4.39 Å². The number of nitro benzene ring substituents is 1. The van der Waals surface area contributed by atoms with E-state index in [4.69, 9.17) is 0 Å². The normalized spacial score (nSPS) is 12.5. The number of rotatable bonds is 5. The van der Waals surface area contributed by atoms with E-state index in [1.807, 2.05) is 25.9 Å². The highest BCUT2D eigenvalue weighted by atomic mass is 19.1. The summed E-state index contributed by atoms with van der Waals surface area (Å²) in [6, 6.07) is 3.73. The van der Waals surface area contributed by atoms with Crippen molar-refractivity contribution in [3.05, 3.63) is 34.1 Å². The van der Waals surface area contributed by atoms with Gasteiger partial charge in [-0.1, -0.05) is 0 Å². The number of hydrogen-bond donors (Lipinski definition) is 1. The molecule has 0 heterocycles. The van der Waals surface area contributed by atoms with E-state index in [9.17, 15) is 14.5 Å². The number of anilines is 1. The Morgan fingerprint density at radius 1 is 1.53 bits per heavy atom. The number of nitrogens with one attached hydrogen (secondary N) is 1. The molecule has 0 aromatic heterocycles. The molecule has 1 rings (SSSR count). The smallest absolute Gasteiger partial charge is 0.295 e. The number of nitro groups is 1. The third kappa shape index (κ3) is 3.67. The molecule has 0 saturated carbocycles. The Balaban J connectivity index is 2.80. The number of hydrogen-bond acceptors (Lipinski definition) is 4. The Kier molecular flexibility index (Phi) is 4.39. The van der Waals surface area contributed by atoms with Gasteiger partial charge in [-0.05, 0) is 33.2 Å². The van der Waals surface area contributed by atoms with Gasteiger partial charge in [0.1, 0.15) is 11.5 Å². The van der Waals surface area contributed by atoms with Crippen LogP contribution in [-0.4, -0.2) is 36.5 Å². The number of halogens is 1. The molecule has 0 aliphatic heterocycles. The lowest BCUT2D eigenvalue weighted by Gasteiger charge is -2.20. The lowest BCUT2D eigenvalue weighted by Crippen LogP contribution is -2.31. The van der Waals surface area contributed by atoms with Gasteiger partial charge in [-0.15, -0.1) is 0 Å². The molecule has 0 aliphatic rings. The highest BCUT2D eigenvalue weighted by molar-refractivity contribution is 5.61. The van der Waals surface area contributed by atoms with Crippen LogP contribution in [0, 0.1) is 15.9 Å². The number of likely N-dealkylation sites (N-methyl/N-ethyl adjacent to an activating group) is 1. The maximum atomic E-state index is 12.9. The van der Waals surface area contributed by atoms with E-state index in [0.717, 1.165) is 6.07 Å². The van der Waals surface area contributed by atoms with Crippen molar-refractivity contribution < 1.29 is 9.31 Å². The predicted molar refractivity (Wildman–Crippen MR) is 64.7 cm³/mol. The average Bonchev–Trinajstić information content (AvgIpc) is 2.26. The minimum absolute atomic E-state index is 0.222. The van der Waals surface area contributed by atoms with Gasteiger partial charge in [0.2, 0.25) is 0 Å². The molecule has 0 amide bonds. The second kappa shape index (κ2) is 5.58. The van der Waals surface area contributed by atoms with Crippen molar-refractivity contribution in [2.45, 2.75) is 13.0 Å². The standard InChI is InChI=1S/C11H16FN3O2/c1-8(14(2)3)7-13-10-5-4-9(12)6-11(10)15(16)17/h4-6,8,13H,7H2,1-3H3. The fraction of sp³-hybridized carbons (Fsp3) is 0.455. The first-order chi connectivity index (χ1) is 7.91. The van der Waals surface area contributed by atoms with Gasteiger partial charge in [-0.3, -0.25) is 10.1 Å². The lowest BCUT2D eigenvalue weighted by atomic mass is 10.2. The van der Waals surface area contributed by atoms with Crippen molar-refractivity contribution in [2.24, 2.45) is 0 Å². The van der Waals surface area contributed by atoms with Gasteiger partial charge >= 0.3 is 0 Å². The van der Waals surface area contributed by atoms with Gasteiger partial charge in [0, 0.05) is 12.6 Å². The van der Waals surface area contributed by atoms with E-state index < -0.39 is 10.7 Å². The maximum Gasteiger partial charge on any atom is 0.295 e. The van der Waals surface area contributed by atoms with Crippen LogP contribution in [0.2, 0.25) is 0 Å². The summed E-state index contributed by atoms with van der Waals surface area (Å²) in [7, 11) is 3.84. The van der Waals surface area contributed by atoms with Crippen molar-refractivity contribution in [1.29, 1.82) is 0 Å². The van der Waals surface area contributed by atoms with E-state index in [2.05, 4.69) is 5.32 Å². The quantitative estimate of drug-likeness (QED) is 0.633. The monoisotopic (exact) mass is 241 g/mol. The summed E-state index contributed by atoms with van der Waals surface area (Å²) in [4.78, 5) is 12.1. The summed E-state index contributed by atoms with van der Waals surface area (Å²) in [5, 5.41) is 13.7. The zero-order chi connectivity index (χ0) is 13.0. The highest BCUT2D eigenvalue weighted by Gasteiger charge is 2.15. The highest BCUT2D eigenvalue weighted by Crippen LogP contribution is 2.24. The van der Waals surface area contributed by atoms with Gasteiger partial charge in [0.25, 0.3) is 5.69 Å². The van der Waals surface area contributed by atoms with Crippen molar-refractivity contribution >= 4 is 11.4 Å². The summed E-state index contributed by atoms with van der Waals surface area (Å²) < 4.78 is 12.9. The minimum Gasteiger partial charge on any atom is -0.378 e. The van der Waals surface area contributed by atoms with Crippen LogP contribution in [0.1, 0.15) is 6.92 Å². The van der Waals surface area contributed by atoms with Crippen LogP contribution >= 0.6 is 0 Å². The fourth-order valence-corrected chi connectivity index (χ4v) is 1.25. The third-order valence-electron chi connectivity index (χ3n) is 2.63. The molecule has 1 N–H and O–H groups in total. The Hall–Kier alpha value is -1.69. The molecule has 94 valence electrons. The molecule has 0 spiro atoms. The molecule has 0 radical (unpaired) electrons. The zero-order valence-corrected chi connectivity index (χ0v) is 10.1. The Labute approximate surface area is 99.4 Å². The van der Waals surface area contributed by atoms with Crippen LogP contribution in [0.4, 0.5) is 15.8 Å². The van der Waals surface area contributed by atoms with Crippen LogP contribution in [0.5, 0.6) is 0 Å². The molecule has 1 aromatic carbocycles. The predicted octanol–water partition coefficient (Wildman–Crippen LogP) is 2.10. The molecule has 5 nitrogen and oxygen atoms in total. The average molecular weight is 241 g/mol. The van der Waals surface area contributed by atoms with E-state index >= 15 is 0 Å². The molecular formula is C11H16FN3O2. The van der Waals surface area contributed by atoms with Crippen LogP contribution in [0.3, 0.4) is 0 Å². The second-order valence-electron chi connectivity index (χ2n) is 4.11. The molecule has 1 unspecified atom stereocenters. The van der Waals surface area contributed by atoms with Gasteiger partial charge in [0.15, 0.2) is 0 Å². The maximum absolute atomic E-state index is 12.9. The number of benzene rings is 1. The fourth-order valence-electron chi connectivity index (χ4n) is 1.25. The topological polar surface area (TPSA) is 58.4 Å². The summed E-state index contributed by atoms with van der Waals surface area (Å²) in [5.41, 5.74) is 0.0982. The summed E-state index contributed by atoms with van der Waals surface area (Å²) >= 11 is 0. The van der Waals surface area contributed by atoms with Crippen LogP contribution in [0.15, 0.2) is 18.2 Å². The molecule has 0 fully saturated rings. The van der Waals surface area contributed by atoms with Crippen molar-refractivity contribution in [1.82, 2.24) is 4.90 Å². The van der Waals surface area contributed by atoms with Crippen LogP contribution < -0.4 is 5.32 Å². The van der Waals surface area contributed by atoms with E-state index in [-0.39, 0.29) is 11.7 Å². The van der Waals surface area contributed by atoms with Gasteiger partial charge < -0.3 is 10.2 Å². The minimum atomic E-state index is -0.608. The summed E-state index contributed by atoms with van der Waals surface area (Å²) in [5.74, 6) is -0.608. The first-order valence-electron chi connectivity index (χ1n) is 5.26. The zero-order valence-electron chi connectivity index (χ0n) is 10.1. The first-order valence-corrected chi connectivity index (χ1v) is 5.26. The summed E-state index contributed by atoms with van der Waals surface area (Å²) in [6.07, 6.45) is 0. The molecular weight excluding hydrogens is 225 g/mol. The Bertz CT molecular complexity index is 410. The van der Waals surface area contributed by atoms with Gasteiger partial charge in [0.05, 0.1) is 11.0 Å². The van der Waals surface area contributed by atoms with Crippen LogP contribution in [0.25, 0.3) is 0 Å². The first kappa shape index (κ1) is 13.4. The largest absolute Gasteiger partial charge is 0.378 e.